The van der Waals surface area contributed by atoms with Crippen molar-refractivity contribution in [3.05, 3.63) is 59.3 Å². The summed E-state index contributed by atoms with van der Waals surface area (Å²) in [5, 5.41) is 18.0. The molecule has 7 heteroatoms. The van der Waals surface area contributed by atoms with Crippen LogP contribution in [-0.4, -0.2) is 72.2 Å². The van der Waals surface area contributed by atoms with Crippen LogP contribution >= 0.6 is 0 Å². The SMILES string of the molecule is CCCCc1cc(NC(=O)NCCN2CCN(C)CC2)cc(O)c1Cc1c[nH]c2ccccc12. The summed E-state index contributed by atoms with van der Waals surface area (Å²) in [7, 11) is 2.14. The Morgan fingerprint density at radius 2 is 1.91 bits per heavy atom. The Bertz CT molecular complexity index is 1100. The summed E-state index contributed by atoms with van der Waals surface area (Å²) in [4.78, 5) is 20.5. The van der Waals surface area contributed by atoms with Crippen LogP contribution in [0.5, 0.6) is 5.75 Å². The minimum Gasteiger partial charge on any atom is -0.508 e. The van der Waals surface area contributed by atoms with E-state index in [0.717, 1.165) is 74.2 Å². The highest BCUT2D eigenvalue weighted by atomic mass is 16.3. The molecule has 1 fully saturated rings. The highest BCUT2D eigenvalue weighted by molar-refractivity contribution is 5.90. The third-order valence-electron chi connectivity index (χ3n) is 6.73. The van der Waals surface area contributed by atoms with E-state index < -0.39 is 0 Å². The van der Waals surface area contributed by atoms with E-state index in [9.17, 15) is 9.90 Å². The number of anilines is 1. The number of nitrogens with zero attached hydrogens (tertiary/aromatic N) is 2. The number of phenolic OH excluding ortho intramolecular Hbond substituents is 1. The predicted octanol–water partition coefficient (Wildman–Crippen LogP) is 4.18. The van der Waals surface area contributed by atoms with Crippen molar-refractivity contribution < 1.29 is 9.90 Å². The number of phenols is 1. The number of hydrogen-bond acceptors (Lipinski definition) is 4. The van der Waals surface area contributed by atoms with Crippen LogP contribution in [0.1, 0.15) is 36.5 Å². The number of nitrogens with one attached hydrogen (secondary N) is 3. The number of carbonyl (C=O) groups is 1. The molecule has 1 aliphatic heterocycles. The van der Waals surface area contributed by atoms with Gasteiger partial charge in [0.15, 0.2) is 0 Å². The molecule has 0 radical (unpaired) electrons. The van der Waals surface area contributed by atoms with Crippen molar-refractivity contribution >= 4 is 22.6 Å². The number of hydrogen-bond donors (Lipinski definition) is 4. The van der Waals surface area contributed by atoms with Crippen molar-refractivity contribution in [1.29, 1.82) is 0 Å². The predicted molar refractivity (Wildman–Crippen MR) is 139 cm³/mol. The van der Waals surface area contributed by atoms with Gasteiger partial charge >= 0.3 is 6.03 Å². The van der Waals surface area contributed by atoms with Gasteiger partial charge in [0, 0.05) is 80.1 Å². The monoisotopic (exact) mass is 463 g/mol. The van der Waals surface area contributed by atoms with Gasteiger partial charge in [0.1, 0.15) is 5.75 Å². The topological polar surface area (TPSA) is 83.6 Å². The lowest BCUT2D eigenvalue weighted by molar-refractivity contribution is 0.155. The van der Waals surface area contributed by atoms with E-state index in [-0.39, 0.29) is 11.8 Å². The second kappa shape index (κ2) is 11.4. The molecule has 0 atom stereocenters. The summed E-state index contributed by atoms with van der Waals surface area (Å²) >= 11 is 0. The molecule has 1 saturated heterocycles. The molecule has 34 heavy (non-hydrogen) atoms. The normalized spacial score (nSPS) is 15.0. The van der Waals surface area contributed by atoms with Crippen LogP contribution in [0.15, 0.2) is 42.6 Å². The molecule has 4 N–H and O–H groups in total. The second-order valence-corrected chi connectivity index (χ2v) is 9.30. The van der Waals surface area contributed by atoms with E-state index in [1.54, 1.807) is 6.07 Å². The van der Waals surface area contributed by atoms with Crippen LogP contribution in [0.2, 0.25) is 0 Å². The quantitative estimate of drug-likeness (QED) is 0.384. The summed E-state index contributed by atoms with van der Waals surface area (Å²) in [5.41, 5.74) is 4.90. The highest BCUT2D eigenvalue weighted by Crippen LogP contribution is 2.32. The summed E-state index contributed by atoms with van der Waals surface area (Å²) in [6.45, 7) is 7.81. The Morgan fingerprint density at radius 1 is 1.12 bits per heavy atom. The third kappa shape index (κ3) is 6.10. The molecule has 0 unspecified atom stereocenters. The number of aromatic hydroxyl groups is 1. The first-order valence-corrected chi connectivity index (χ1v) is 12.4. The number of aromatic nitrogens is 1. The van der Waals surface area contributed by atoms with Gasteiger partial charge in [0.25, 0.3) is 0 Å². The minimum atomic E-state index is -0.237. The number of aromatic amines is 1. The van der Waals surface area contributed by atoms with Crippen molar-refractivity contribution in [2.45, 2.75) is 32.6 Å². The molecule has 1 aromatic heterocycles. The van der Waals surface area contributed by atoms with Gasteiger partial charge in [-0.1, -0.05) is 31.5 Å². The molecular formula is C27H37N5O2. The van der Waals surface area contributed by atoms with Crippen LogP contribution in [-0.2, 0) is 12.8 Å². The number of unbranched alkanes of at least 4 members (excludes halogenated alkanes) is 1. The Labute approximate surface area is 202 Å². The zero-order valence-corrected chi connectivity index (χ0v) is 20.4. The molecule has 2 heterocycles. The van der Waals surface area contributed by atoms with Gasteiger partial charge in [-0.25, -0.2) is 4.79 Å². The number of fused-ring (bicyclic) bond motifs is 1. The zero-order valence-electron chi connectivity index (χ0n) is 20.4. The number of benzene rings is 2. The number of carbonyl (C=O) groups excluding carboxylic acids is 1. The van der Waals surface area contributed by atoms with Gasteiger partial charge < -0.3 is 25.6 Å². The number of para-hydroxylation sites is 1. The highest BCUT2D eigenvalue weighted by Gasteiger charge is 2.16. The van der Waals surface area contributed by atoms with Crippen molar-refractivity contribution in [2.24, 2.45) is 0 Å². The molecule has 1 aliphatic rings. The average molecular weight is 464 g/mol. The van der Waals surface area contributed by atoms with E-state index in [1.165, 1.54) is 5.39 Å². The standard InChI is InChI=1S/C27H37N5O2/c1-3-4-7-20-16-22(30-27(34)28-10-11-32-14-12-31(2)13-15-32)18-26(33)24(20)17-21-19-29-25-9-6-5-8-23(21)25/h5-6,8-9,16,18-19,29,33H,3-4,7,10-15,17H2,1-2H3,(H2,28,30,34). The number of likely N-dealkylation sites (N-methyl/N-ethyl adjacent to an activating group) is 1. The first-order valence-electron chi connectivity index (χ1n) is 12.4. The number of H-pyrrole nitrogens is 1. The molecule has 2 aromatic carbocycles. The molecule has 7 nitrogen and oxygen atoms in total. The van der Waals surface area contributed by atoms with E-state index in [1.807, 2.05) is 24.4 Å². The molecule has 0 bridgehead atoms. The molecular weight excluding hydrogens is 426 g/mol. The number of rotatable bonds is 9. The lowest BCUT2D eigenvalue weighted by atomic mass is 9.94. The van der Waals surface area contributed by atoms with Crippen molar-refractivity contribution in [2.75, 3.05) is 51.6 Å². The lowest BCUT2D eigenvalue weighted by Crippen LogP contribution is -2.47. The number of piperazine rings is 1. The van der Waals surface area contributed by atoms with Crippen molar-refractivity contribution in [3.8, 4) is 5.75 Å². The van der Waals surface area contributed by atoms with E-state index in [2.05, 4.69) is 51.5 Å². The first kappa shape index (κ1) is 24.1. The Hall–Kier alpha value is -3.03. The van der Waals surface area contributed by atoms with E-state index >= 15 is 0 Å². The summed E-state index contributed by atoms with van der Waals surface area (Å²) < 4.78 is 0. The van der Waals surface area contributed by atoms with Crippen LogP contribution in [0, 0.1) is 0 Å². The molecule has 0 saturated carbocycles. The van der Waals surface area contributed by atoms with Gasteiger partial charge in [0.05, 0.1) is 0 Å². The minimum absolute atomic E-state index is 0.228. The molecule has 0 spiro atoms. The molecule has 2 amide bonds. The van der Waals surface area contributed by atoms with Gasteiger partial charge in [-0.15, -0.1) is 0 Å². The lowest BCUT2D eigenvalue weighted by Gasteiger charge is -2.32. The van der Waals surface area contributed by atoms with Gasteiger partial charge in [-0.05, 0) is 43.1 Å². The number of aryl methyl sites for hydroxylation is 1. The summed E-state index contributed by atoms with van der Waals surface area (Å²) in [6.07, 6.45) is 5.63. The average Bonchev–Trinajstić information content (AvgIpc) is 3.24. The fourth-order valence-corrected chi connectivity index (χ4v) is 4.62. The van der Waals surface area contributed by atoms with Crippen molar-refractivity contribution in [3.63, 3.8) is 0 Å². The Morgan fingerprint density at radius 3 is 2.71 bits per heavy atom. The van der Waals surface area contributed by atoms with Gasteiger partial charge in [0.2, 0.25) is 0 Å². The molecule has 0 aliphatic carbocycles. The van der Waals surface area contributed by atoms with Gasteiger partial charge in [-0.3, -0.25) is 4.90 Å². The number of amides is 2. The van der Waals surface area contributed by atoms with Crippen LogP contribution in [0.4, 0.5) is 10.5 Å². The van der Waals surface area contributed by atoms with Crippen LogP contribution in [0.25, 0.3) is 10.9 Å². The van der Waals surface area contributed by atoms with Gasteiger partial charge in [-0.2, -0.15) is 0 Å². The van der Waals surface area contributed by atoms with E-state index in [0.29, 0.717) is 18.7 Å². The largest absolute Gasteiger partial charge is 0.508 e. The fraction of sp³-hybridized carbons (Fsp3) is 0.444. The van der Waals surface area contributed by atoms with Crippen LogP contribution < -0.4 is 10.6 Å². The number of urea groups is 1. The molecule has 3 aromatic rings. The second-order valence-electron chi connectivity index (χ2n) is 9.30. The molecule has 4 rings (SSSR count). The smallest absolute Gasteiger partial charge is 0.319 e. The Kier molecular flexibility index (Phi) is 8.08. The van der Waals surface area contributed by atoms with E-state index in [4.69, 9.17) is 0 Å². The first-order chi connectivity index (χ1) is 16.5. The summed E-state index contributed by atoms with van der Waals surface area (Å²) in [6, 6.07) is 11.7. The maximum atomic E-state index is 12.5. The third-order valence-corrected chi connectivity index (χ3v) is 6.73. The Balaban J connectivity index is 1.41. The summed E-state index contributed by atoms with van der Waals surface area (Å²) in [5.74, 6) is 0.228. The maximum absolute atomic E-state index is 12.5. The molecule has 182 valence electrons. The van der Waals surface area contributed by atoms with Crippen molar-refractivity contribution in [1.82, 2.24) is 20.1 Å². The maximum Gasteiger partial charge on any atom is 0.319 e. The zero-order chi connectivity index (χ0) is 23.9. The fourth-order valence-electron chi connectivity index (χ4n) is 4.62. The van der Waals surface area contributed by atoms with Crippen LogP contribution in [0.3, 0.4) is 0 Å².